The van der Waals surface area contributed by atoms with Crippen LogP contribution in [0.25, 0.3) is 68.6 Å². The Morgan fingerprint density at radius 1 is 0.450 bits per heavy atom. The largest absolute Gasteiger partial charge is 0.355 e. The van der Waals surface area contributed by atoms with Gasteiger partial charge in [-0.2, -0.15) is 0 Å². The number of benzene rings is 2. The lowest BCUT2D eigenvalue weighted by Crippen LogP contribution is -1.89. The maximum Gasteiger partial charge on any atom is 0.0737 e. The van der Waals surface area contributed by atoms with Crippen molar-refractivity contribution >= 4 is 110 Å². The molecule has 40 heavy (non-hydrogen) atoms. The zero-order chi connectivity index (χ0) is 27.4. The molecule has 0 unspecified atom stereocenters. The lowest BCUT2D eigenvalue weighted by Gasteiger charge is -2.09. The number of hydrogen-bond acceptors (Lipinski definition) is 2. The molecule has 0 atom stereocenters. The van der Waals surface area contributed by atoms with Crippen LogP contribution in [0.15, 0.2) is 90.7 Å². The van der Waals surface area contributed by atoms with Crippen LogP contribution in [0.2, 0.25) is 0 Å². The number of hydrogen-bond donors (Lipinski definition) is 2. The molecule has 0 spiro atoms. The van der Waals surface area contributed by atoms with E-state index in [0.29, 0.717) is 0 Å². The molecule has 2 N–H and O–H groups in total. The van der Waals surface area contributed by atoms with E-state index in [-0.39, 0.29) is 0 Å². The Hall–Kier alpha value is -3.04. The van der Waals surface area contributed by atoms with Crippen molar-refractivity contribution in [1.29, 1.82) is 0 Å². The normalized spacial score (nSPS) is 12.3. The summed E-state index contributed by atoms with van der Waals surface area (Å²) in [5.74, 6) is 0. The standard InChI is InChI=1S/C32H18Br4N4/c33-21-3-1-4-22(34)29(21)31-25-11-7-17(37-25)15-19-9-13-27(39-19)32(30-23(35)5-2-6-24(30)36)28-14-10-20(40-28)16-18-8-12-26(31)38-18/h1-16,37,40H. The van der Waals surface area contributed by atoms with Gasteiger partial charge in [0.25, 0.3) is 0 Å². The minimum absolute atomic E-state index is 0.867. The van der Waals surface area contributed by atoms with Gasteiger partial charge in [-0.1, -0.05) is 75.9 Å². The van der Waals surface area contributed by atoms with E-state index in [2.05, 4.69) is 122 Å². The average molecular weight is 778 g/mol. The fourth-order valence-electron chi connectivity index (χ4n) is 5.07. The Kier molecular flexibility index (Phi) is 6.74. The van der Waals surface area contributed by atoms with Gasteiger partial charge >= 0.3 is 0 Å². The molecule has 8 bridgehead atoms. The van der Waals surface area contributed by atoms with E-state index < -0.39 is 0 Å². The van der Waals surface area contributed by atoms with Crippen LogP contribution in [-0.2, 0) is 0 Å². The van der Waals surface area contributed by atoms with Gasteiger partial charge in [-0.25, -0.2) is 9.97 Å². The Bertz CT molecular complexity index is 1880. The van der Waals surface area contributed by atoms with E-state index in [1.54, 1.807) is 0 Å². The van der Waals surface area contributed by atoms with Crippen molar-refractivity contribution in [3.8, 4) is 22.3 Å². The second-order valence-corrected chi connectivity index (χ2v) is 12.8. The summed E-state index contributed by atoms with van der Waals surface area (Å²) in [5.41, 5.74) is 11.4. The van der Waals surface area contributed by atoms with E-state index in [9.17, 15) is 0 Å². The number of halogens is 4. The van der Waals surface area contributed by atoms with E-state index in [1.807, 2.05) is 48.6 Å². The van der Waals surface area contributed by atoms with E-state index >= 15 is 0 Å². The van der Waals surface area contributed by atoms with Crippen LogP contribution in [-0.4, -0.2) is 19.9 Å². The molecule has 0 radical (unpaired) electrons. The van der Waals surface area contributed by atoms with Crippen molar-refractivity contribution < 1.29 is 0 Å². The van der Waals surface area contributed by atoms with Crippen molar-refractivity contribution in [2.45, 2.75) is 0 Å². The second kappa shape index (κ2) is 10.4. The summed E-state index contributed by atoms with van der Waals surface area (Å²) < 4.78 is 3.94. The third-order valence-corrected chi connectivity index (χ3v) is 9.47. The van der Waals surface area contributed by atoms with Crippen LogP contribution >= 0.6 is 63.7 Å². The average Bonchev–Trinajstić information content (AvgIpc) is 3.73. The quantitative estimate of drug-likeness (QED) is 0.184. The van der Waals surface area contributed by atoms with Gasteiger partial charge in [-0.05, 0) is 85.0 Å². The van der Waals surface area contributed by atoms with Gasteiger partial charge in [-0.3, -0.25) is 0 Å². The highest BCUT2D eigenvalue weighted by molar-refractivity contribution is 9.11. The molecule has 5 aromatic rings. The first-order valence-electron chi connectivity index (χ1n) is 12.4. The third-order valence-electron chi connectivity index (χ3n) is 6.82. The topological polar surface area (TPSA) is 57.4 Å². The Labute approximate surface area is 263 Å². The molecular formula is C32H18Br4N4. The lowest BCUT2D eigenvalue weighted by molar-refractivity contribution is 1.31. The minimum atomic E-state index is 0.867. The van der Waals surface area contributed by atoms with Crippen molar-refractivity contribution in [2.24, 2.45) is 0 Å². The summed E-state index contributed by atoms with van der Waals surface area (Å²) >= 11 is 15.1. The first kappa shape index (κ1) is 25.9. The molecule has 2 aromatic carbocycles. The van der Waals surface area contributed by atoms with Crippen molar-refractivity contribution in [1.82, 2.24) is 19.9 Å². The molecule has 0 aliphatic carbocycles. The van der Waals surface area contributed by atoms with Gasteiger partial charge in [0.15, 0.2) is 0 Å². The van der Waals surface area contributed by atoms with Gasteiger partial charge in [0.2, 0.25) is 0 Å². The molecule has 0 amide bonds. The van der Waals surface area contributed by atoms with Gasteiger partial charge < -0.3 is 9.97 Å². The van der Waals surface area contributed by atoms with Crippen molar-refractivity contribution in [3.63, 3.8) is 0 Å². The molecule has 0 fully saturated rings. The summed E-state index contributed by atoms with van der Waals surface area (Å²) in [5, 5.41) is 0. The summed E-state index contributed by atoms with van der Waals surface area (Å²) in [6.07, 6.45) is 8.24. The number of H-pyrrole nitrogens is 2. The number of aromatic nitrogens is 4. The van der Waals surface area contributed by atoms with Gasteiger partial charge in [0, 0.05) is 62.2 Å². The highest BCUT2D eigenvalue weighted by Crippen LogP contribution is 2.41. The highest BCUT2D eigenvalue weighted by atomic mass is 79.9. The van der Waals surface area contributed by atoms with Gasteiger partial charge in [-0.15, -0.1) is 0 Å². The Morgan fingerprint density at radius 2 is 0.850 bits per heavy atom. The van der Waals surface area contributed by atoms with Crippen LogP contribution in [0.4, 0.5) is 0 Å². The van der Waals surface area contributed by atoms with Gasteiger partial charge in [0.1, 0.15) is 0 Å². The molecule has 7 rings (SSSR count). The number of nitrogens with one attached hydrogen (secondary N) is 2. The SMILES string of the molecule is Brc1cccc(Br)c1-c1c2nc(cc3ccc([nH]3)c(-c3c(Br)cccc3Br)c3nc(cc4ccc1[nH]4)C=C3)C=C2. The predicted molar refractivity (Wildman–Crippen MR) is 181 cm³/mol. The fourth-order valence-corrected chi connectivity index (χ4v) is 7.86. The lowest BCUT2D eigenvalue weighted by atomic mass is 10.0. The monoisotopic (exact) mass is 774 g/mol. The summed E-state index contributed by atoms with van der Waals surface area (Å²) in [6.45, 7) is 0. The molecule has 0 saturated carbocycles. The van der Waals surface area contributed by atoms with E-state index in [1.165, 1.54) is 0 Å². The molecule has 3 aromatic heterocycles. The van der Waals surface area contributed by atoms with Gasteiger partial charge in [0.05, 0.1) is 22.8 Å². The highest BCUT2D eigenvalue weighted by Gasteiger charge is 2.18. The fraction of sp³-hybridized carbons (Fsp3) is 0. The molecule has 194 valence electrons. The van der Waals surface area contributed by atoms with E-state index in [4.69, 9.17) is 9.97 Å². The maximum atomic E-state index is 5.05. The summed E-state index contributed by atoms with van der Waals surface area (Å²) in [7, 11) is 0. The molecule has 0 saturated heterocycles. The van der Waals surface area contributed by atoms with Crippen molar-refractivity contribution in [3.05, 3.63) is 113 Å². The van der Waals surface area contributed by atoms with Crippen LogP contribution in [0, 0.1) is 0 Å². The zero-order valence-corrected chi connectivity index (χ0v) is 27.0. The Balaban J connectivity index is 1.60. The summed E-state index contributed by atoms with van der Waals surface area (Å²) in [6, 6.07) is 24.7. The van der Waals surface area contributed by atoms with Crippen LogP contribution < -0.4 is 0 Å². The maximum absolute atomic E-state index is 5.05. The minimum Gasteiger partial charge on any atom is -0.355 e. The first-order chi connectivity index (χ1) is 19.4. The van der Waals surface area contributed by atoms with E-state index in [0.717, 1.165) is 85.0 Å². The van der Waals surface area contributed by atoms with Crippen LogP contribution in [0.5, 0.6) is 0 Å². The zero-order valence-electron chi connectivity index (χ0n) is 20.6. The number of nitrogens with zero attached hydrogens (tertiary/aromatic N) is 2. The molecule has 2 aliphatic rings. The first-order valence-corrected chi connectivity index (χ1v) is 15.6. The molecule has 4 nitrogen and oxygen atoms in total. The number of rotatable bonds is 2. The molecular weight excluding hydrogens is 760 g/mol. The third kappa shape index (κ3) is 4.67. The number of fused-ring (bicyclic) bond motifs is 8. The molecule has 2 aliphatic heterocycles. The summed E-state index contributed by atoms with van der Waals surface area (Å²) in [4.78, 5) is 17.3. The Morgan fingerprint density at radius 3 is 1.25 bits per heavy atom. The number of aromatic amines is 2. The molecule has 5 heterocycles. The van der Waals surface area contributed by atoms with Crippen LogP contribution in [0.1, 0.15) is 22.8 Å². The predicted octanol–water partition coefficient (Wildman–Crippen LogP) is 11.0. The smallest absolute Gasteiger partial charge is 0.0737 e. The second-order valence-electron chi connectivity index (χ2n) is 9.40. The van der Waals surface area contributed by atoms with Crippen LogP contribution in [0.3, 0.4) is 0 Å². The molecule has 8 heteroatoms. The van der Waals surface area contributed by atoms with Crippen molar-refractivity contribution in [2.75, 3.05) is 0 Å².